The second-order valence-electron chi connectivity index (χ2n) is 4.17. The van der Waals surface area contributed by atoms with E-state index in [4.69, 9.17) is 27.9 Å². The van der Waals surface area contributed by atoms with Crippen molar-refractivity contribution in [3.8, 4) is 17.1 Å². The van der Waals surface area contributed by atoms with Crippen molar-refractivity contribution in [2.75, 3.05) is 7.11 Å². The van der Waals surface area contributed by atoms with E-state index in [0.29, 0.717) is 27.3 Å². The number of ether oxygens (including phenoxy) is 1. The number of halogens is 3. The number of hydrogen-bond donors (Lipinski definition) is 0. The summed E-state index contributed by atoms with van der Waals surface area (Å²) in [5.74, 6) is 1.14. The molecule has 106 valence electrons. The predicted molar refractivity (Wildman–Crippen MR) is 90.8 cm³/mol. The first kappa shape index (κ1) is 15.8. The van der Waals surface area contributed by atoms with Crippen molar-refractivity contribution < 1.29 is 4.74 Å². The van der Waals surface area contributed by atoms with Gasteiger partial charge in [-0.3, -0.25) is 0 Å². The smallest absolute Gasteiger partial charge is 0.166 e. The number of benzene rings is 1. The van der Waals surface area contributed by atoms with Crippen LogP contribution in [-0.4, -0.2) is 17.1 Å². The van der Waals surface area contributed by atoms with E-state index < -0.39 is 0 Å². The molecule has 0 aliphatic rings. The lowest BCUT2D eigenvalue weighted by atomic mass is 10.1. The van der Waals surface area contributed by atoms with E-state index in [9.17, 15) is 0 Å². The third-order valence-corrected chi connectivity index (χ3v) is 4.83. The molecule has 0 unspecified atom stereocenters. The van der Waals surface area contributed by atoms with Crippen LogP contribution in [0.4, 0.5) is 0 Å². The summed E-state index contributed by atoms with van der Waals surface area (Å²) in [6.45, 7) is 2.10. The highest BCUT2D eigenvalue weighted by atomic mass is 127. The Labute approximate surface area is 141 Å². The van der Waals surface area contributed by atoms with Crippen LogP contribution < -0.4 is 4.74 Å². The molecule has 0 radical (unpaired) electrons. The average molecular weight is 423 g/mol. The van der Waals surface area contributed by atoms with Crippen LogP contribution in [0.3, 0.4) is 0 Å². The highest BCUT2D eigenvalue weighted by Gasteiger charge is 2.17. The number of aromatic nitrogens is 2. The molecule has 6 heteroatoms. The molecule has 1 aromatic heterocycles. The molecule has 1 aromatic carbocycles. The van der Waals surface area contributed by atoms with E-state index in [0.717, 1.165) is 22.1 Å². The molecule has 2 aromatic rings. The minimum atomic E-state index is 0.445. The number of aryl methyl sites for hydroxylation is 1. The van der Waals surface area contributed by atoms with Crippen LogP contribution in [-0.2, 0) is 6.42 Å². The molecule has 0 aliphatic heterocycles. The van der Waals surface area contributed by atoms with Gasteiger partial charge < -0.3 is 4.74 Å². The minimum Gasteiger partial charge on any atom is -0.496 e. The van der Waals surface area contributed by atoms with Crippen LogP contribution >= 0.6 is 45.8 Å². The van der Waals surface area contributed by atoms with Crippen molar-refractivity contribution in [3.63, 3.8) is 0 Å². The van der Waals surface area contributed by atoms with E-state index in [1.54, 1.807) is 13.2 Å². The topological polar surface area (TPSA) is 35.0 Å². The van der Waals surface area contributed by atoms with Gasteiger partial charge in [-0.15, -0.1) is 0 Å². The van der Waals surface area contributed by atoms with Gasteiger partial charge >= 0.3 is 0 Å². The molecule has 3 nitrogen and oxygen atoms in total. The molecule has 0 N–H and O–H groups in total. The summed E-state index contributed by atoms with van der Waals surface area (Å²) in [6, 6.07) is 5.44. The normalized spacial score (nSPS) is 10.7. The largest absolute Gasteiger partial charge is 0.496 e. The first-order valence-electron chi connectivity index (χ1n) is 6.13. The van der Waals surface area contributed by atoms with Crippen molar-refractivity contribution >= 4 is 45.8 Å². The third kappa shape index (κ3) is 3.18. The number of rotatable bonds is 4. The van der Waals surface area contributed by atoms with Crippen molar-refractivity contribution in [1.29, 1.82) is 0 Å². The summed E-state index contributed by atoms with van der Waals surface area (Å²) >= 11 is 14.6. The van der Waals surface area contributed by atoms with E-state index in [-0.39, 0.29) is 0 Å². The van der Waals surface area contributed by atoms with Crippen molar-refractivity contribution in [1.82, 2.24) is 9.97 Å². The van der Waals surface area contributed by atoms with E-state index in [1.807, 2.05) is 12.1 Å². The molecule has 1 heterocycles. The Bertz CT molecular complexity index is 635. The standard InChI is InChI=1S/C14H13Cl2IN2O/c1-3-5-9-12(17)13(16)19-14(18-9)11-8(15)6-4-7-10(11)20-2/h4,6-7H,3,5H2,1-2H3. The first-order valence-corrected chi connectivity index (χ1v) is 7.96. The lowest BCUT2D eigenvalue weighted by Crippen LogP contribution is -2.02. The number of methoxy groups -OCH3 is 1. The summed E-state index contributed by atoms with van der Waals surface area (Å²) in [5, 5.41) is 0.991. The van der Waals surface area contributed by atoms with Gasteiger partial charge in [0.15, 0.2) is 5.82 Å². The molecule has 2 rings (SSSR count). The lowest BCUT2D eigenvalue weighted by molar-refractivity contribution is 0.416. The van der Waals surface area contributed by atoms with Crippen molar-refractivity contribution in [3.05, 3.63) is 37.6 Å². The maximum Gasteiger partial charge on any atom is 0.166 e. The van der Waals surface area contributed by atoms with Crippen LogP contribution in [0, 0.1) is 3.57 Å². The highest BCUT2D eigenvalue weighted by molar-refractivity contribution is 14.1. The monoisotopic (exact) mass is 422 g/mol. The summed E-state index contributed by atoms with van der Waals surface area (Å²) < 4.78 is 6.23. The van der Waals surface area contributed by atoms with Gasteiger partial charge in [0.2, 0.25) is 0 Å². The van der Waals surface area contributed by atoms with Crippen LogP contribution in [0.15, 0.2) is 18.2 Å². The Balaban J connectivity index is 2.64. The first-order chi connectivity index (χ1) is 9.58. The second kappa shape index (κ2) is 6.91. The van der Waals surface area contributed by atoms with Crippen LogP contribution in [0.5, 0.6) is 5.75 Å². The zero-order chi connectivity index (χ0) is 14.7. The molecule has 0 bridgehead atoms. The Morgan fingerprint density at radius 3 is 2.65 bits per heavy atom. The van der Waals surface area contributed by atoms with Gasteiger partial charge in [-0.25, -0.2) is 9.97 Å². The number of nitrogens with zero attached hydrogens (tertiary/aromatic N) is 2. The van der Waals surface area contributed by atoms with Gasteiger partial charge in [-0.05, 0) is 41.1 Å². The quantitative estimate of drug-likeness (QED) is 0.512. The minimum absolute atomic E-state index is 0.445. The summed E-state index contributed by atoms with van der Waals surface area (Å²) in [7, 11) is 1.59. The lowest BCUT2D eigenvalue weighted by Gasteiger charge is -2.12. The molecule has 0 fully saturated rings. The van der Waals surface area contributed by atoms with Gasteiger partial charge in [0, 0.05) is 0 Å². The Morgan fingerprint density at radius 1 is 1.25 bits per heavy atom. The van der Waals surface area contributed by atoms with E-state index in [2.05, 4.69) is 39.5 Å². The molecule has 0 atom stereocenters. The summed E-state index contributed by atoms with van der Waals surface area (Å²) in [5.41, 5.74) is 1.61. The van der Waals surface area contributed by atoms with Gasteiger partial charge in [0.05, 0.1) is 27.0 Å². The highest BCUT2D eigenvalue weighted by Crippen LogP contribution is 2.35. The number of hydrogen-bond acceptors (Lipinski definition) is 3. The molecule has 20 heavy (non-hydrogen) atoms. The SMILES string of the molecule is CCCc1nc(-c2c(Cl)cccc2OC)nc(Cl)c1I. The molecule has 0 saturated heterocycles. The molecular formula is C14H13Cl2IN2O. The molecule has 0 saturated carbocycles. The van der Waals surface area contributed by atoms with Gasteiger partial charge in [0.1, 0.15) is 10.9 Å². The van der Waals surface area contributed by atoms with Gasteiger partial charge in [-0.2, -0.15) is 0 Å². The van der Waals surface area contributed by atoms with Crippen LogP contribution in [0.2, 0.25) is 10.2 Å². The summed E-state index contributed by atoms with van der Waals surface area (Å²) in [6.07, 6.45) is 1.84. The van der Waals surface area contributed by atoms with Crippen molar-refractivity contribution in [2.24, 2.45) is 0 Å². The Hall–Kier alpha value is -0.590. The molecule has 0 aliphatic carbocycles. The maximum absolute atomic E-state index is 6.26. The zero-order valence-electron chi connectivity index (χ0n) is 11.1. The Morgan fingerprint density at radius 2 is 2.00 bits per heavy atom. The van der Waals surface area contributed by atoms with Crippen molar-refractivity contribution in [2.45, 2.75) is 19.8 Å². The van der Waals surface area contributed by atoms with Crippen LogP contribution in [0.25, 0.3) is 11.4 Å². The molecule has 0 spiro atoms. The fourth-order valence-electron chi connectivity index (χ4n) is 1.87. The second-order valence-corrected chi connectivity index (χ2v) is 6.01. The van der Waals surface area contributed by atoms with E-state index in [1.165, 1.54) is 0 Å². The fraction of sp³-hybridized carbons (Fsp3) is 0.286. The van der Waals surface area contributed by atoms with Crippen LogP contribution in [0.1, 0.15) is 19.0 Å². The maximum atomic E-state index is 6.26. The average Bonchev–Trinajstić information content (AvgIpc) is 2.43. The summed E-state index contributed by atoms with van der Waals surface area (Å²) in [4.78, 5) is 8.93. The predicted octanol–water partition coefficient (Wildman–Crippen LogP) is 5.02. The van der Waals surface area contributed by atoms with Gasteiger partial charge in [0.25, 0.3) is 0 Å². The van der Waals surface area contributed by atoms with Gasteiger partial charge in [-0.1, -0.05) is 42.6 Å². The Kier molecular flexibility index (Phi) is 5.46. The molecule has 0 amide bonds. The fourth-order valence-corrected chi connectivity index (χ4v) is 2.82. The zero-order valence-corrected chi connectivity index (χ0v) is 14.8. The molecular weight excluding hydrogens is 410 g/mol. The van der Waals surface area contributed by atoms with E-state index >= 15 is 0 Å². The third-order valence-electron chi connectivity index (χ3n) is 2.79.